The molecule has 358 valence electrons. The van der Waals surface area contributed by atoms with Crippen molar-refractivity contribution in [2.75, 3.05) is 13.2 Å². The van der Waals surface area contributed by atoms with Crippen molar-refractivity contribution in [3.8, 4) is 0 Å². The smallest absolute Gasteiger partial charge is 0.340 e. The zero-order valence-corrected chi connectivity index (χ0v) is 38.3. The van der Waals surface area contributed by atoms with Crippen molar-refractivity contribution in [1.29, 1.82) is 0 Å². The Kier molecular flexibility index (Phi) is 13.3. The van der Waals surface area contributed by atoms with Gasteiger partial charge in [-0.1, -0.05) is 27.7 Å². The summed E-state index contributed by atoms with van der Waals surface area (Å²) >= 11 is 0. The molecule has 13 atom stereocenters. The standard InChI is InChI=1S/C45H54N2O19/c1-20(2)38(53)63-32-31-34(60-24(6)49)45-43(10,57)35(65-39(54)22(4)21(3)28-14-15-46-16-29(28)41(56)59-18-42(31,9)66-45)33(64-40(55)27-12-13-30(52)47(11)17-27)37(62-26(8)51)44(45,19-58-23(5)48)36(32)61-25(7)50/h12-17,20-22,31-37,57H,18-19H2,1-11H3. The second-order valence-electron chi connectivity index (χ2n) is 18.0. The van der Waals surface area contributed by atoms with Crippen molar-refractivity contribution in [2.45, 2.75) is 129 Å². The van der Waals surface area contributed by atoms with Crippen LogP contribution in [0.1, 0.15) is 101 Å². The topological polar surface area (TPSA) is 275 Å². The van der Waals surface area contributed by atoms with Crippen molar-refractivity contribution in [3.05, 3.63) is 63.8 Å². The molecule has 1 saturated heterocycles. The summed E-state index contributed by atoms with van der Waals surface area (Å²) in [4.78, 5) is 128. The number of cyclic esters (lactones) is 1. The van der Waals surface area contributed by atoms with Gasteiger partial charge >= 0.3 is 47.8 Å². The Hall–Kier alpha value is -6.22. The number of hydrogen-bond acceptors (Lipinski definition) is 20. The van der Waals surface area contributed by atoms with E-state index in [0.29, 0.717) is 0 Å². The molecular formula is C45H54N2O19. The lowest BCUT2D eigenvalue weighted by molar-refractivity contribution is -0.386. The molecule has 0 aromatic carbocycles. The zero-order valence-electron chi connectivity index (χ0n) is 38.3. The molecule has 4 aliphatic rings. The molecule has 1 N–H and O–H groups in total. The van der Waals surface area contributed by atoms with Gasteiger partial charge in [0.2, 0.25) is 5.56 Å². The highest BCUT2D eigenvalue weighted by Gasteiger charge is 2.92. The molecule has 0 amide bonds. The Morgan fingerprint density at radius 2 is 1.44 bits per heavy atom. The maximum atomic E-state index is 14.7. The van der Waals surface area contributed by atoms with Gasteiger partial charge in [-0.05, 0) is 37.5 Å². The van der Waals surface area contributed by atoms with E-state index >= 15 is 0 Å². The van der Waals surface area contributed by atoms with E-state index in [9.17, 15) is 48.3 Å². The average molecular weight is 927 g/mol. The van der Waals surface area contributed by atoms with Crippen LogP contribution in [0.25, 0.3) is 0 Å². The maximum Gasteiger partial charge on any atom is 0.340 e. The minimum absolute atomic E-state index is 0.0723. The lowest BCUT2D eigenvalue weighted by atomic mass is 9.45. The molecule has 4 heterocycles. The molecular weight excluding hydrogens is 872 g/mol. The molecule has 0 radical (unpaired) electrons. The fourth-order valence-corrected chi connectivity index (χ4v) is 10.1. The van der Waals surface area contributed by atoms with Gasteiger partial charge in [0.05, 0.1) is 28.9 Å². The van der Waals surface area contributed by atoms with Crippen molar-refractivity contribution in [2.24, 2.45) is 30.2 Å². The number of fused-ring (bicyclic) bond motifs is 5. The summed E-state index contributed by atoms with van der Waals surface area (Å²) in [5.74, 6) is -13.0. The molecule has 3 fully saturated rings. The second kappa shape index (κ2) is 17.9. The third-order valence-electron chi connectivity index (χ3n) is 13.2. The molecule has 2 saturated carbocycles. The number of esters is 8. The van der Waals surface area contributed by atoms with E-state index in [1.165, 1.54) is 53.2 Å². The van der Waals surface area contributed by atoms with Crippen LogP contribution in [0.2, 0.25) is 0 Å². The van der Waals surface area contributed by atoms with Crippen LogP contribution < -0.4 is 5.56 Å². The predicted molar refractivity (Wildman–Crippen MR) is 220 cm³/mol. The number of aromatic nitrogens is 2. The molecule has 2 aromatic heterocycles. The van der Waals surface area contributed by atoms with Crippen LogP contribution in [-0.4, -0.2) is 129 Å². The van der Waals surface area contributed by atoms with E-state index in [0.717, 1.165) is 57.5 Å². The number of rotatable bonds is 9. The predicted octanol–water partition coefficient (Wildman–Crippen LogP) is 1.66. The normalized spacial score (nSPS) is 34.7. The first kappa shape index (κ1) is 49.2. The average Bonchev–Trinajstić information content (AvgIpc) is 3.45. The van der Waals surface area contributed by atoms with Crippen molar-refractivity contribution < 1.29 is 86.1 Å². The van der Waals surface area contributed by atoms with Gasteiger partial charge in [-0.25, -0.2) is 9.59 Å². The third kappa shape index (κ3) is 8.09. The van der Waals surface area contributed by atoms with Gasteiger partial charge in [0.25, 0.3) is 0 Å². The maximum absolute atomic E-state index is 14.7. The summed E-state index contributed by atoms with van der Waals surface area (Å²) in [7, 11) is 1.35. The van der Waals surface area contributed by atoms with Crippen molar-refractivity contribution in [3.63, 3.8) is 0 Å². The number of nitrogens with zero attached hydrogens (tertiary/aromatic N) is 2. The molecule has 2 aliphatic carbocycles. The van der Waals surface area contributed by atoms with E-state index in [4.69, 9.17) is 42.6 Å². The van der Waals surface area contributed by atoms with Crippen LogP contribution in [0.5, 0.6) is 0 Å². The summed E-state index contributed by atoms with van der Waals surface area (Å²) in [6, 6.07) is 3.67. The summed E-state index contributed by atoms with van der Waals surface area (Å²) in [5.41, 5.74) is -11.2. The van der Waals surface area contributed by atoms with Gasteiger partial charge in [0.1, 0.15) is 42.0 Å². The number of carbonyl (C=O) groups is 8. The number of ether oxygens (including phenoxy) is 9. The molecule has 13 unspecified atom stereocenters. The molecule has 6 rings (SSSR count). The largest absolute Gasteiger partial charge is 0.465 e. The molecule has 2 aromatic rings. The molecule has 21 heteroatoms. The highest BCUT2D eigenvalue weighted by Crippen LogP contribution is 2.70. The number of pyridine rings is 2. The van der Waals surface area contributed by atoms with Gasteiger partial charge in [-0.2, -0.15) is 0 Å². The number of aliphatic hydroxyl groups is 1. The van der Waals surface area contributed by atoms with Crippen molar-refractivity contribution in [1.82, 2.24) is 9.55 Å². The zero-order chi connectivity index (χ0) is 49.0. The summed E-state index contributed by atoms with van der Waals surface area (Å²) < 4.78 is 57.0. The Balaban J connectivity index is 1.81. The van der Waals surface area contributed by atoms with E-state index in [1.54, 1.807) is 6.92 Å². The SMILES string of the molecule is CC(=O)OCC12C(OC(C)=O)C(OC(=O)C(C)C)C3C(OC(C)=O)C14OC3(C)COC(=O)c1cnccc1C(C)C(C)C(=O)OC(C(OC(=O)c1ccc(=O)n(C)c1)C2OC(C)=O)C4(C)O. The Labute approximate surface area is 378 Å². The van der Waals surface area contributed by atoms with Gasteiger partial charge < -0.3 is 52.3 Å². The number of aryl methyl sites for hydroxylation is 1. The third-order valence-corrected chi connectivity index (χ3v) is 13.2. The van der Waals surface area contributed by atoms with Gasteiger partial charge in [0, 0.05) is 59.4 Å². The van der Waals surface area contributed by atoms with E-state index < -0.39 is 149 Å². The first-order valence-electron chi connectivity index (χ1n) is 21.2. The summed E-state index contributed by atoms with van der Waals surface area (Å²) in [6.07, 6.45) is -8.91. The quantitative estimate of drug-likeness (QED) is 0.277. The molecule has 1 spiro atoms. The van der Waals surface area contributed by atoms with Gasteiger partial charge in [-0.3, -0.25) is 38.5 Å². The van der Waals surface area contributed by atoms with E-state index in [1.807, 2.05) is 0 Å². The molecule has 21 nitrogen and oxygen atoms in total. The van der Waals surface area contributed by atoms with Crippen LogP contribution in [0.4, 0.5) is 0 Å². The first-order chi connectivity index (χ1) is 30.7. The Bertz CT molecular complexity index is 2390. The van der Waals surface area contributed by atoms with E-state index in [-0.39, 0.29) is 16.7 Å². The Morgan fingerprint density at radius 3 is 2.02 bits per heavy atom. The molecule has 4 bridgehead atoms. The lowest BCUT2D eigenvalue weighted by Crippen LogP contribution is -2.89. The molecule has 2 aliphatic heterocycles. The van der Waals surface area contributed by atoms with Crippen LogP contribution in [0, 0.1) is 23.2 Å². The summed E-state index contributed by atoms with van der Waals surface area (Å²) in [6.45, 7) is 10.5. The highest BCUT2D eigenvalue weighted by atomic mass is 16.7. The van der Waals surface area contributed by atoms with Crippen molar-refractivity contribution >= 4 is 47.8 Å². The number of hydrogen-bond donors (Lipinski definition) is 1. The summed E-state index contributed by atoms with van der Waals surface area (Å²) in [5, 5.41) is 13.8. The first-order valence-corrected chi connectivity index (χ1v) is 21.2. The fourth-order valence-electron chi connectivity index (χ4n) is 10.1. The lowest BCUT2D eigenvalue weighted by Gasteiger charge is -2.67. The highest BCUT2D eigenvalue weighted by molar-refractivity contribution is 5.91. The fraction of sp³-hybridized carbons (Fsp3) is 0.600. The van der Waals surface area contributed by atoms with Crippen LogP contribution in [-0.2, 0) is 78.4 Å². The van der Waals surface area contributed by atoms with Crippen LogP contribution in [0.15, 0.2) is 41.6 Å². The second-order valence-corrected chi connectivity index (χ2v) is 18.0. The minimum atomic E-state index is -2.94. The van der Waals surface area contributed by atoms with Gasteiger partial charge in [0.15, 0.2) is 30.0 Å². The van der Waals surface area contributed by atoms with Crippen LogP contribution in [0.3, 0.4) is 0 Å². The molecule has 66 heavy (non-hydrogen) atoms. The van der Waals surface area contributed by atoms with E-state index in [2.05, 4.69) is 4.98 Å². The monoisotopic (exact) mass is 926 g/mol. The number of carbonyl (C=O) groups excluding carboxylic acids is 8. The van der Waals surface area contributed by atoms with Gasteiger partial charge in [-0.15, -0.1) is 0 Å². The minimum Gasteiger partial charge on any atom is -0.465 e. The Morgan fingerprint density at radius 1 is 0.833 bits per heavy atom. The van der Waals surface area contributed by atoms with Crippen LogP contribution >= 0.6 is 0 Å².